The Hall–Kier alpha value is -2.47. The van der Waals surface area contributed by atoms with Crippen molar-refractivity contribution in [3.8, 4) is 11.1 Å². The molecular weight excluding hydrogens is 270 g/mol. The number of amides is 1. The lowest BCUT2D eigenvalue weighted by molar-refractivity contribution is -0.124. The molecule has 108 valence electrons. The molecule has 0 aromatic carbocycles. The molecule has 1 aliphatic heterocycles. The van der Waals surface area contributed by atoms with Gasteiger partial charge in [-0.1, -0.05) is 0 Å². The lowest BCUT2D eigenvalue weighted by Crippen LogP contribution is -2.29. The van der Waals surface area contributed by atoms with Crippen molar-refractivity contribution >= 4 is 11.6 Å². The monoisotopic (exact) mass is 285 g/mol. The average molecular weight is 285 g/mol. The summed E-state index contributed by atoms with van der Waals surface area (Å²) >= 11 is 0. The summed E-state index contributed by atoms with van der Waals surface area (Å²) in [7, 11) is 0. The van der Waals surface area contributed by atoms with E-state index in [2.05, 4.69) is 15.3 Å². The summed E-state index contributed by atoms with van der Waals surface area (Å²) in [4.78, 5) is 30.4. The molecule has 1 fully saturated rings. The molecular formula is C15H15N3O3. The number of anilines is 1. The molecule has 1 unspecified atom stereocenters. The SMILES string of the molecule is O=C(Nc1cc(-c2ccncc2)c[nH]c1=O)C1CCCO1. The van der Waals surface area contributed by atoms with Gasteiger partial charge >= 0.3 is 0 Å². The topological polar surface area (TPSA) is 84.1 Å². The number of H-pyrrole nitrogens is 1. The molecule has 3 heterocycles. The lowest BCUT2D eigenvalue weighted by Gasteiger charge is -2.10. The Labute approximate surface area is 121 Å². The fourth-order valence-corrected chi connectivity index (χ4v) is 2.29. The minimum atomic E-state index is -0.464. The normalized spacial score (nSPS) is 17.6. The van der Waals surface area contributed by atoms with Crippen LogP contribution >= 0.6 is 0 Å². The zero-order chi connectivity index (χ0) is 14.7. The first-order chi connectivity index (χ1) is 10.2. The number of aromatic nitrogens is 2. The quantitative estimate of drug-likeness (QED) is 0.896. The van der Waals surface area contributed by atoms with E-state index >= 15 is 0 Å². The second-order valence-electron chi connectivity index (χ2n) is 4.86. The van der Waals surface area contributed by atoms with Gasteiger partial charge in [0.1, 0.15) is 11.8 Å². The Morgan fingerprint density at radius 1 is 1.33 bits per heavy atom. The summed E-state index contributed by atoms with van der Waals surface area (Å²) in [6.07, 6.45) is 6.04. The molecule has 1 amide bonds. The molecule has 1 saturated heterocycles. The van der Waals surface area contributed by atoms with E-state index in [1.165, 1.54) is 0 Å². The van der Waals surface area contributed by atoms with Crippen LogP contribution in [0.15, 0.2) is 41.6 Å². The highest BCUT2D eigenvalue weighted by Crippen LogP contribution is 2.19. The number of rotatable bonds is 3. The maximum Gasteiger partial charge on any atom is 0.271 e. The molecule has 0 aliphatic carbocycles. The maximum atomic E-state index is 12.0. The van der Waals surface area contributed by atoms with E-state index in [-0.39, 0.29) is 17.2 Å². The van der Waals surface area contributed by atoms with Gasteiger partial charge in [0.15, 0.2) is 0 Å². The summed E-state index contributed by atoms with van der Waals surface area (Å²) < 4.78 is 5.31. The van der Waals surface area contributed by atoms with Crippen LogP contribution in [0.4, 0.5) is 5.69 Å². The molecule has 6 nitrogen and oxygen atoms in total. The molecule has 1 aliphatic rings. The number of aromatic amines is 1. The van der Waals surface area contributed by atoms with Crippen molar-refractivity contribution in [2.45, 2.75) is 18.9 Å². The number of pyridine rings is 2. The second-order valence-corrected chi connectivity index (χ2v) is 4.86. The van der Waals surface area contributed by atoms with Crippen LogP contribution in [0.2, 0.25) is 0 Å². The second kappa shape index (κ2) is 5.88. The van der Waals surface area contributed by atoms with Gasteiger partial charge in [-0.2, -0.15) is 0 Å². The van der Waals surface area contributed by atoms with Crippen LogP contribution in [0.1, 0.15) is 12.8 Å². The van der Waals surface area contributed by atoms with Crippen molar-refractivity contribution < 1.29 is 9.53 Å². The van der Waals surface area contributed by atoms with Gasteiger partial charge in [0.05, 0.1) is 0 Å². The molecule has 1 atom stereocenters. The lowest BCUT2D eigenvalue weighted by atomic mass is 10.1. The molecule has 0 bridgehead atoms. The van der Waals surface area contributed by atoms with Crippen molar-refractivity contribution in [2.75, 3.05) is 11.9 Å². The van der Waals surface area contributed by atoms with Crippen molar-refractivity contribution in [1.82, 2.24) is 9.97 Å². The summed E-state index contributed by atoms with van der Waals surface area (Å²) in [6, 6.07) is 5.32. The Kier molecular flexibility index (Phi) is 3.79. The number of nitrogens with one attached hydrogen (secondary N) is 2. The zero-order valence-electron chi connectivity index (χ0n) is 11.3. The standard InChI is InChI=1S/C15H15N3O3/c19-14-12(18-15(20)13-2-1-7-21-13)8-11(9-17-14)10-3-5-16-6-4-10/h3-6,8-9,13H,1-2,7H2,(H,17,19)(H,18,20). The van der Waals surface area contributed by atoms with E-state index in [9.17, 15) is 9.59 Å². The number of nitrogens with zero attached hydrogens (tertiary/aromatic N) is 1. The molecule has 21 heavy (non-hydrogen) atoms. The van der Waals surface area contributed by atoms with Crippen LogP contribution in [-0.2, 0) is 9.53 Å². The van der Waals surface area contributed by atoms with Crippen molar-refractivity contribution in [2.24, 2.45) is 0 Å². The number of carbonyl (C=O) groups excluding carboxylic acids is 1. The van der Waals surface area contributed by atoms with E-state index in [0.29, 0.717) is 13.0 Å². The fraction of sp³-hybridized carbons (Fsp3) is 0.267. The first-order valence-electron chi connectivity index (χ1n) is 6.79. The number of hydrogen-bond donors (Lipinski definition) is 2. The molecule has 2 N–H and O–H groups in total. The Bertz CT molecular complexity index is 691. The van der Waals surface area contributed by atoms with Crippen LogP contribution in [0.3, 0.4) is 0 Å². The summed E-state index contributed by atoms with van der Waals surface area (Å²) in [5.74, 6) is -0.273. The van der Waals surface area contributed by atoms with Crippen LogP contribution in [-0.4, -0.2) is 28.6 Å². The smallest absolute Gasteiger partial charge is 0.271 e. The third kappa shape index (κ3) is 3.00. The van der Waals surface area contributed by atoms with E-state index < -0.39 is 6.10 Å². The number of hydrogen-bond acceptors (Lipinski definition) is 4. The summed E-state index contributed by atoms with van der Waals surface area (Å²) in [5, 5.41) is 2.64. The largest absolute Gasteiger partial charge is 0.368 e. The van der Waals surface area contributed by atoms with Gasteiger partial charge in [0.25, 0.3) is 11.5 Å². The molecule has 2 aromatic rings. The van der Waals surface area contributed by atoms with E-state index in [1.54, 1.807) is 24.7 Å². The molecule has 2 aromatic heterocycles. The van der Waals surface area contributed by atoms with Crippen molar-refractivity contribution in [3.63, 3.8) is 0 Å². The van der Waals surface area contributed by atoms with Crippen LogP contribution in [0.5, 0.6) is 0 Å². The zero-order valence-corrected chi connectivity index (χ0v) is 11.3. The van der Waals surface area contributed by atoms with E-state index in [4.69, 9.17) is 4.74 Å². The third-order valence-electron chi connectivity index (χ3n) is 3.40. The molecule has 0 saturated carbocycles. The van der Waals surface area contributed by atoms with Crippen molar-refractivity contribution in [1.29, 1.82) is 0 Å². The predicted octanol–water partition coefficient (Wildman–Crippen LogP) is 1.55. The minimum Gasteiger partial charge on any atom is -0.368 e. The molecule has 6 heteroatoms. The first kappa shape index (κ1) is 13.5. The fourth-order valence-electron chi connectivity index (χ4n) is 2.29. The average Bonchev–Trinajstić information content (AvgIpc) is 3.05. The third-order valence-corrected chi connectivity index (χ3v) is 3.40. The maximum absolute atomic E-state index is 12.0. The van der Waals surface area contributed by atoms with Crippen LogP contribution < -0.4 is 10.9 Å². The Balaban J connectivity index is 1.85. The van der Waals surface area contributed by atoms with Crippen molar-refractivity contribution in [3.05, 3.63) is 47.1 Å². The Morgan fingerprint density at radius 3 is 2.86 bits per heavy atom. The highest BCUT2D eigenvalue weighted by molar-refractivity contribution is 5.94. The highest BCUT2D eigenvalue weighted by Gasteiger charge is 2.24. The van der Waals surface area contributed by atoms with Gasteiger partial charge in [0.2, 0.25) is 0 Å². The van der Waals surface area contributed by atoms with Gasteiger partial charge in [-0.15, -0.1) is 0 Å². The van der Waals surface area contributed by atoms with Crippen LogP contribution in [0, 0.1) is 0 Å². The molecule has 3 rings (SSSR count). The molecule has 0 spiro atoms. The van der Waals surface area contributed by atoms with Gasteiger partial charge in [-0.25, -0.2) is 0 Å². The van der Waals surface area contributed by atoms with Crippen LogP contribution in [0.25, 0.3) is 11.1 Å². The van der Waals surface area contributed by atoms with E-state index in [1.807, 2.05) is 12.1 Å². The first-order valence-corrected chi connectivity index (χ1v) is 6.79. The summed E-state index contributed by atoms with van der Waals surface area (Å²) in [5.41, 5.74) is 1.61. The molecule has 0 radical (unpaired) electrons. The van der Waals surface area contributed by atoms with Gasteiger partial charge in [-0.3, -0.25) is 14.6 Å². The predicted molar refractivity (Wildman–Crippen MR) is 77.9 cm³/mol. The van der Waals surface area contributed by atoms with Gasteiger partial charge in [-0.05, 0) is 36.6 Å². The Morgan fingerprint density at radius 2 is 2.14 bits per heavy atom. The number of ether oxygens (including phenoxy) is 1. The highest BCUT2D eigenvalue weighted by atomic mass is 16.5. The van der Waals surface area contributed by atoms with Gasteiger partial charge in [0, 0.05) is 30.8 Å². The minimum absolute atomic E-state index is 0.227. The summed E-state index contributed by atoms with van der Waals surface area (Å²) in [6.45, 7) is 0.589. The van der Waals surface area contributed by atoms with Gasteiger partial charge < -0.3 is 15.0 Å². The number of carbonyl (C=O) groups is 1. The van der Waals surface area contributed by atoms with E-state index in [0.717, 1.165) is 17.5 Å².